The molecule has 0 N–H and O–H groups in total. The van der Waals surface area contributed by atoms with Gasteiger partial charge < -0.3 is 4.57 Å². The van der Waals surface area contributed by atoms with Crippen molar-refractivity contribution in [2.45, 2.75) is 6.92 Å². The van der Waals surface area contributed by atoms with Crippen molar-refractivity contribution < 1.29 is 4.79 Å². The van der Waals surface area contributed by atoms with Gasteiger partial charge in [0.15, 0.2) is 4.80 Å². The lowest BCUT2D eigenvalue weighted by atomic mass is 10.1. The second kappa shape index (κ2) is 5.58. The highest BCUT2D eigenvalue weighted by Crippen LogP contribution is 2.18. The van der Waals surface area contributed by atoms with Crippen molar-refractivity contribution in [1.29, 1.82) is 5.26 Å². The third-order valence-corrected chi connectivity index (χ3v) is 4.52. The van der Waals surface area contributed by atoms with E-state index in [4.69, 9.17) is 5.26 Å². The number of thiazole rings is 1. The van der Waals surface area contributed by atoms with Crippen LogP contribution in [0.1, 0.15) is 21.5 Å². The normalized spacial score (nSPS) is 11.6. The molecule has 1 heterocycles. The van der Waals surface area contributed by atoms with Gasteiger partial charge in [0.2, 0.25) is 0 Å². The summed E-state index contributed by atoms with van der Waals surface area (Å²) in [6.07, 6.45) is 0. The number of carbonyl (C=O) groups excluding carboxylic acids is 1. The summed E-state index contributed by atoms with van der Waals surface area (Å²) in [6.45, 7) is 2.04. The van der Waals surface area contributed by atoms with E-state index in [1.54, 1.807) is 24.3 Å². The number of hydrogen-bond acceptors (Lipinski definition) is 3. The fourth-order valence-electron chi connectivity index (χ4n) is 2.19. The van der Waals surface area contributed by atoms with Gasteiger partial charge in [0.1, 0.15) is 0 Å². The van der Waals surface area contributed by atoms with E-state index in [-0.39, 0.29) is 5.91 Å². The molecule has 0 aliphatic carbocycles. The third kappa shape index (κ3) is 2.57. The Kier molecular flexibility index (Phi) is 3.61. The Morgan fingerprint density at radius 1 is 1.23 bits per heavy atom. The van der Waals surface area contributed by atoms with E-state index in [0.29, 0.717) is 15.9 Å². The van der Waals surface area contributed by atoms with Gasteiger partial charge in [-0.25, -0.2) is 0 Å². The third-order valence-electron chi connectivity index (χ3n) is 3.42. The lowest BCUT2D eigenvalue weighted by molar-refractivity contribution is 0.0998. The number of nitrogens with zero attached hydrogens (tertiary/aromatic N) is 3. The zero-order chi connectivity index (χ0) is 15.7. The number of nitriles is 1. The molecule has 0 saturated heterocycles. The fraction of sp³-hybridized carbons (Fsp3) is 0.118. The van der Waals surface area contributed by atoms with Gasteiger partial charge in [0.25, 0.3) is 5.91 Å². The smallest absolute Gasteiger partial charge is 0.279 e. The number of carbonyl (C=O) groups is 1. The minimum atomic E-state index is -0.302. The molecule has 3 aromatic rings. The highest BCUT2D eigenvalue weighted by molar-refractivity contribution is 7.16. The number of aromatic nitrogens is 1. The van der Waals surface area contributed by atoms with Crippen molar-refractivity contribution in [3.8, 4) is 6.07 Å². The molecule has 22 heavy (non-hydrogen) atoms. The van der Waals surface area contributed by atoms with Gasteiger partial charge in [-0.1, -0.05) is 17.4 Å². The number of benzene rings is 2. The minimum absolute atomic E-state index is 0.302. The van der Waals surface area contributed by atoms with Crippen molar-refractivity contribution in [3.05, 3.63) is 64.0 Å². The number of amides is 1. The van der Waals surface area contributed by atoms with Crippen molar-refractivity contribution in [2.75, 3.05) is 0 Å². The summed E-state index contributed by atoms with van der Waals surface area (Å²) in [4.78, 5) is 17.1. The molecule has 4 nitrogen and oxygen atoms in total. The summed E-state index contributed by atoms with van der Waals surface area (Å²) in [5.41, 5.74) is 3.24. The monoisotopic (exact) mass is 307 g/mol. The van der Waals surface area contributed by atoms with Crippen molar-refractivity contribution in [1.82, 2.24) is 4.57 Å². The van der Waals surface area contributed by atoms with E-state index in [1.165, 1.54) is 16.9 Å². The largest absolute Gasteiger partial charge is 0.319 e. The summed E-state index contributed by atoms with van der Waals surface area (Å²) >= 11 is 1.49. The summed E-state index contributed by atoms with van der Waals surface area (Å²) in [7, 11) is 1.90. The van der Waals surface area contributed by atoms with E-state index in [0.717, 1.165) is 10.2 Å². The second-order valence-electron chi connectivity index (χ2n) is 5.02. The van der Waals surface area contributed by atoms with Crippen molar-refractivity contribution in [2.24, 2.45) is 12.0 Å². The molecule has 0 unspecified atom stereocenters. The molecule has 0 aliphatic heterocycles. The minimum Gasteiger partial charge on any atom is -0.319 e. The second-order valence-corrected chi connectivity index (χ2v) is 6.03. The van der Waals surface area contributed by atoms with Crippen LogP contribution in [0.3, 0.4) is 0 Å². The Balaban J connectivity index is 2.05. The van der Waals surface area contributed by atoms with Gasteiger partial charge in [-0.05, 0) is 48.9 Å². The van der Waals surface area contributed by atoms with Crippen molar-refractivity contribution in [3.63, 3.8) is 0 Å². The van der Waals surface area contributed by atoms with Crippen molar-refractivity contribution >= 4 is 27.5 Å². The van der Waals surface area contributed by atoms with Gasteiger partial charge in [0, 0.05) is 12.6 Å². The van der Waals surface area contributed by atoms with Gasteiger partial charge in [-0.3, -0.25) is 4.79 Å². The number of fused-ring (bicyclic) bond motifs is 1. The Hall–Kier alpha value is -2.71. The van der Waals surface area contributed by atoms with Gasteiger partial charge in [-0.2, -0.15) is 10.3 Å². The summed E-state index contributed by atoms with van der Waals surface area (Å²) in [6, 6.07) is 14.7. The Morgan fingerprint density at radius 3 is 2.64 bits per heavy atom. The molecule has 1 amide bonds. The van der Waals surface area contributed by atoms with Gasteiger partial charge in [0.05, 0.1) is 21.8 Å². The molecule has 3 rings (SSSR count). The highest BCUT2D eigenvalue weighted by Gasteiger charge is 2.07. The SMILES string of the molecule is Cc1ccc2c(c1)sc(=NC(=O)c1ccc(C#N)cc1)n2C. The van der Waals surface area contributed by atoms with Crippen LogP contribution >= 0.6 is 11.3 Å². The topological polar surface area (TPSA) is 58.1 Å². The van der Waals surface area contributed by atoms with E-state index in [9.17, 15) is 4.79 Å². The van der Waals surface area contributed by atoms with Crippen LogP contribution in [-0.2, 0) is 7.05 Å². The Bertz CT molecular complexity index is 972. The molecule has 5 heteroatoms. The van der Waals surface area contributed by atoms with E-state index in [2.05, 4.69) is 11.1 Å². The summed E-state index contributed by atoms with van der Waals surface area (Å²) in [5, 5.41) is 8.78. The van der Waals surface area contributed by atoms with Crippen LogP contribution in [0, 0.1) is 18.3 Å². The molecule has 0 spiro atoms. The first-order chi connectivity index (χ1) is 10.6. The maximum Gasteiger partial charge on any atom is 0.279 e. The number of hydrogen-bond donors (Lipinski definition) is 0. The predicted octanol–water partition coefficient (Wildman–Crippen LogP) is 3.16. The quantitative estimate of drug-likeness (QED) is 0.693. The highest BCUT2D eigenvalue weighted by atomic mass is 32.1. The van der Waals surface area contributed by atoms with E-state index < -0.39 is 0 Å². The lowest BCUT2D eigenvalue weighted by Crippen LogP contribution is -2.13. The van der Waals surface area contributed by atoms with Crippen LogP contribution in [0.5, 0.6) is 0 Å². The molecule has 1 aromatic heterocycles. The first-order valence-electron chi connectivity index (χ1n) is 6.74. The summed E-state index contributed by atoms with van der Waals surface area (Å²) < 4.78 is 3.02. The van der Waals surface area contributed by atoms with E-state index in [1.807, 2.05) is 36.7 Å². The van der Waals surface area contributed by atoms with Gasteiger partial charge >= 0.3 is 0 Å². The zero-order valence-electron chi connectivity index (χ0n) is 12.2. The van der Waals surface area contributed by atoms with Crippen LogP contribution in [0.25, 0.3) is 10.2 Å². The van der Waals surface area contributed by atoms with E-state index >= 15 is 0 Å². The first-order valence-corrected chi connectivity index (χ1v) is 7.55. The Morgan fingerprint density at radius 2 is 1.95 bits per heavy atom. The maximum absolute atomic E-state index is 12.3. The standard InChI is InChI=1S/C17H13N3OS/c1-11-3-8-14-15(9-11)22-17(20(14)2)19-16(21)13-6-4-12(10-18)5-7-13/h3-9H,1-2H3. The van der Waals surface area contributed by atoms with Gasteiger partial charge in [-0.15, -0.1) is 0 Å². The average Bonchev–Trinajstić information content (AvgIpc) is 2.82. The Labute approximate surface area is 131 Å². The molecule has 0 atom stereocenters. The molecule has 0 saturated carbocycles. The van der Waals surface area contributed by atoms with Crippen LogP contribution in [0.15, 0.2) is 47.5 Å². The summed E-state index contributed by atoms with van der Waals surface area (Å²) in [5.74, 6) is -0.302. The molecular weight excluding hydrogens is 294 g/mol. The molecule has 0 bridgehead atoms. The number of rotatable bonds is 1. The predicted molar refractivity (Wildman–Crippen MR) is 86.6 cm³/mol. The molecule has 0 aliphatic rings. The molecule has 0 fully saturated rings. The van der Waals surface area contributed by atoms with Crippen LogP contribution in [0.4, 0.5) is 0 Å². The zero-order valence-corrected chi connectivity index (χ0v) is 13.0. The molecule has 2 aromatic carbocycles. The molecule has 0 radical (unpaired) electrons. The maximum atomic E-state index is 12.3. The van der Waals surface area contributed by atoms with Crippen LogP contribution in [-0.4, -0.2) is 10.5 Å². The van der Waals surface area contributed by atoms with Crippen LogP contribution in [0.2, 0.25) is 0 Å². The number of aryl methyl sites for hydroxylation is 2. The average molecular weight is 307 g/mol. The fourth-order valence-corrected chi connectivity index (χ4v) is 3.30. The molecular formula is C17H13N3OS. The lowest BCUT2D eigenvalue weighted by Gasteiger charge is -1.97. The first kappa shape index (κ1) is 14.2. The van der Waals surface area contributed by atoms with Crippen LogP contribution < -0.4 is 4.80 Å². The molecule has 108 valence electrons.